The van der Waals surface area contributed by atoms with Gasteiger partial charge in [0.25, 0.3) is 0 Å². The molecule has 0 aromatic rings. The Balaban J connectivity index is 2.14. The van der Waals surface area contributed by atoms with Crippen LogP contribution in [0.15, 0.2) is 5.16 Å². The SMILES string of the molecule is CC(C)(C)N1C[C@H]2CC[C@H](C1)C2=NO. The van der Waals surface area contributed by atoms with E-state index < -0.39 is 0 Å². The Hall–Kier alpha value is -0.570. The van der Waals surface area contributed by atoms with Crippen LogP contribution in [0.2, 0.25) is 0 Å². The van der Waals surface area contributed by atoms with Crippen molar-refractivity contribution in [3.8, 4) is 0 Å². The van der Waals surface area contributed by atoms with Crippen molar-refractivity contribution in [3.63, 3.8) is 0 Å². The van der Waals surface area contributed by atoms with E-state index in [2.05, 4.69) is 30.8 Å². The molecule has 14 heavy (non-hydrogen) atoms. The highest BCUT2D eigenvalue weighted by Crippen LogP contribution is 2.36. The van der Waals surface area contributed by atoms with Crippen molar-refractivity contribution >= 4 is 5.71 Å². The average Bonchev–Trinajstić information content (AvgIpc) is 2.32. The van der Waals surface area contributed by atoms with E-state index in [1.807, 2.05) is 0 Å². The van der Waals surface area contributed by atoms with Gasteiger partial charge in [-0.3, -0.25) is 4.90 Å². The van der Waals surface area contributed by atoms with Crippen molar-refractivity contribution in [1.82, 2.24) is 4.90 Å². The monoisotopic (exact) mass is 196 g/mol. The number of piperidine rings is 1. The van der Waals surface area contributed by atoms with Crippen molar-refractivity contribution in [2.45, 2.75) is 39.2 Å². The molecule has 2 atom stereocenters. The van der Waals surface area contributed by atoms with Crippen LogP contribution in [0.1, 0.15) is 33.6 Å². The smallest absolute Gasteiger partial charge is 0.0657 e. The zero-order valence-electron chi connectivity index (χ0n) is 9.32. The summed E-state index contributed by atoms with van der Waals surface area (Å²) in [5, 5.41) is 12.4. The third-order valence-corrected chi connectivity index (χ3v) is 3.65. The Kier molecular flexibility index (Phi) is 2.30. The van der Waals surface area contributed by atoms with Gasteiger partial charge >= 0.3 is 0 Å². The van der Waals surface area contributed by atoms with Crippen LogP contribution in [-0.4, -0.2) is 34.4 Å². The van der Waals surface area contributed by atoms with Gasteiger partial charge in [-0.25, -0.2) is 0 Å². The van der Waals surface area contributed by atoms with Crippen LogP contribution in [0.25, 0.3) is 0 Å². The maximum absolute atomic E-state index is 8.93. The minimum atomic E-state index is 0.252. The number of fused-ring (bicyclic) bond motifs is 2. The summed E-state index contributed by atoms with van der Waals surface area (Å²) in [5.41, 5.74) is 1.31. The first-order valence-corrected chi connectivity index (χ1v) is 5.49. The van der Waals surface area contributed by atoms with Crippen LogP contribution in [0.5, 0.6) is 0 Å². The van der Waals surface area contributed by atoms with Crippen LogP contribution in [-0.2, 0) is 0 Å². The zero-order chi connectivity index (χ0) is 10.3. The second-order valence-corrected chi connectivity index (χ2v) is 5.57. The van der Waals surface area contributed by atoms with Gasteiger partial charge in [0.05, 0.1) is 5.71 Å². The normalized spacial score (nSPS) is 33.5. The summed E-state index contributed by atoms with van der Waals surface area (Å²) < 4.78 is 0. The van der Waals surface area contributed by atoms with Gasteiger partial charge in [0.1, 0.15) is 0 Å². The van der Waals surface area contributed by atoms with E-state index in [0.29, 0.717) is 11.8 Å². The molecule has 0 aromatic heterocycles. The van der Waals surface area contributed by atoms with Gasteiger partial charge in [-0.2, -0.15) is 0 Å². The van der Waals surface area contributed by atoms with Gasteiger partial charge in [0.2, 0.25) is 0 Å². The minimum absolute atomic E-state index is 0.252. The Morgan fingerprint density at radius 2 is 1.71 bits per heavy atom. The molecule has 3 heteroatoms. The van der Waals surface area contributed by atoms with Crippen LogP contribution in [0.4, 0.5) is 0 Å². The molecule has 0 aromatic carbocycles. The fourth-order valence-electron chi connectivity index (χ4n) is 2.72. The first-order chi connectivity index (χ1) is 6.52. The van der Waals surface area contributed by atoms with Gasteiger partial charge in [-0.15, -0.1) is 0 Å². The summed E-state index contributed by atoms with van der Waals surface area (Å²) in [6.45, 7) is 8.91. The van der Waals surface area contributed by atoms with Crippen molar-refractivity contribution < 1.29 is 5.21 Å². The second-order valence-electron chi connectivity index (χ2n) is 5.57. The summed E-state index contributed by atoms with van der Waals surface area (Å²) in [5.74, 6) is 1.02. The predicted molar refractivity (Wildman–Crippen MR) is 56.8 cm³/mol. The topological polar surface area (TPSA) is 35.8 Å². The fourth-order valence-corrected chi connectivity index (χ4v) is 2.72. The van der Waals surface area contributed by atoms with E-state index in [-0.39, 0.29) is 5.54 Å². The van der Waals surface area contributed by atoms with E-state index in [1.165, 1.54) is 12.8 Å². The fraction of sp³-hybridized carbons (Fsp3) is 0.909. The molecule has 1 aliphatic carbocycles. The molecule has 1 saturated carbocycles. The van der Waals surface area contributed by atoms with Crippen molar-refractivity contribution in [1.29, 1.82) is 0 Å². The number of rotatable bonds is 0. The lowest BCUT2D eigenvalue weighted by molar-refractivity contribution is 0.111. The lowest BCUT2D eigenvalue weighted by Crippen LogP contribution is -2.51. The lowest BCUT2D eigenvalue weighted by atomic mass is 9.92. The van der Waals surface area contributed by atoms with Crippen LogP contribution in [0.3, 0.4) is 0 Å². The number of nitrogens with zero attached hydrogens (tertiary/aromatic N) is 2. The molecule has 0 radical (unpaired) electrons. The maximum atomic E-state index is 8.93. The quantitative estimate of drug-likeness (QED) is 0.475. The molecule has 0 unspecified atom stereocenters. The Bertz CT molecular complexity index is 239. The molecule has 1 aliphatic heterocycles. The van der Waals surface area contributed by atoms with Crippen molar-refractivity contribution in [2.24, 2.45) is 17.0 Å². The Labute approximate surface area is 85.8 Å². The van der Waals surface area contributed by atoms with Gasteiger partial charge in [0.15, 0.2) is 0 Å². The number of hydrogen-bond donors (Lipinski definition) is 1. The number of hydrogen-bond acceptors (Lipinski definition) is 3. The first kappa shape index (κ1) is 9.97. The molecule has 2 aliphatic rings. The van der Waals surface area contributed by atoms with Crippen LogP contribution >= 0.6 is 0 Å². The highest BCUT2D eigenvalue weighted by atomic mass is 16.4. The molecule has 80 valence electrons. The van der Waals surface area contributed by atoms with E-state index in [1.54, 1.807) is 0 Å². The first-order valence-electron chi connectivity index (χ1n) is 5.49. The number of oxime groups is 1. The molecular weight excluding hydrogens is 176 g/mol. The highest BCUT2D eigenvalue weighted by molar-refractivity contribution is 5.91. The van der Waals surface area contributed by atoms with Crippen LogP contribution < -0.4 is 0 Å². The largest absolute Gasteiger partial charge is 0.411 e. The summed E-state index contributed by atoms with van der Waals surface area (Å²) in [7, 11) is 0. The average molecular weight is 196 g/mol. The zero-order valence-corrected chi connectivity index (χ0v) is 9.32. The molecule has 1 saturated heterocycles. The Morgan fingerprint density at radius 1 is 1.21 bits per heavy atom. The third-order valence-electron chi connectivity index (χ3n) is 3.65. The second kappa shape index (κ2) is 3.23. The molecule has 2 fully saturated rings. The summed E-state index contributed by atoms with van der Waals surface area (Å²) in [6.07, 6.45) is 2.41. The maximum Gasteiger partial charge on any atom is 0.0657 e. The standard InChI is InChI=1S/C11H20N2O/c1-11(2,3)13-6-8-4-5-9(7-13)10(8)12-14/h8-9,14H,4-7H2,1-3H3/t8-,9-/m1/s1. The molecule has 3 nitrogen and oxygen atoms in total. The molecule has 0 spiro atoms. The molecule has 2 bridgehead atoms. The molecular formula is C11H20N2O. The van der Waals surface area contributed by atoms with Gasteiger partial charge < -0.3 is 5.21 Å². The molecule has 1 heterocycles. The molecule has 1 N–H and O–H groups in total. The Morgan fingerprint density at radius 3 is 2.07 bits per heavy atom. The van der Waals surface area contributed by atoms with Crippen LogP contribution in [0, 0.1) is 11.8 Å². The third kappa shape index (κ3) is 1.54. The van der Waals surface area contributed by atoms with E-state index >= 15 is 0 Å². The predicted octanol–water partition coefficient (Wildman–Crippen LogP) is 1.96. The molecule has 2 rings (SSSR count). The minimum Gasteiger partial charge on any atom is -0.411 e. The van der Waals surface area contributed by atoms with Crippen molar-refractivity contribution in [2.75, 3.05) is 13.1 Å². The van der Waals surface area contributed by atoms with Gasteiger partial charge in [0, 0.05) is 30.5 Å². The lowest BCUT2D eigenvalue weighted by Gasteiger charge is -2.41. The van der Waals surface area contributed by atoms with Gasteiger partial charge in [-0.05, 0) is 33.6 Å². The van der Waals surface area contributed by atoms with Crippen molar-refractivity contribution in [3.05, 3.63) is 0 Å². The van der Waals surface area contributed by atoms with E-state index in [9.17, 15) is 0 Å². The summed E-state index contributed by atoms with van der Waals surface area (Å²) >= 11 is 0. The van der Waals surface area contributed by atoms with E-state index in [0.717, 1.165) is 18.8 Å². The number of likely N-dealkylation sites (tertiary alicyclic amines) is 1. The molecule has 0 amide bonds. The van der Waals surface area contributed by atoms with Gasteiger partial charge in [-0.1, -0.05) is 5.16 Å². The van der Waals surface area contributed by atoms with E-state index in [4.69, 9.17) is 5.21 Å². The highest BCUT2D eigenvalue weighted by Gasteiger charge is 2.42. The summed E-state index contributed by atoms with van der Waals surface area (Å²) in [4.78, 5) is 2.52. The summed E-state index contributed by atoms with van der Waals surface area (Å²) in [6, 6.07) is 0.